The molecule has 0 bridgehead atoms. The topological polar surface area (TPSA) is 83.1 Å². The molecule has 7 heteroatoms. The van der Waals surface area contributed by atoms with Crippen LogP contribution >= 0.6 is 12.4 Å². The van der Waals surface area contributed by atoms with Crippen LogP contribution in [-0.4, -0.2) is 47.1 Å². The molecule has 1 aromatic heterocycles. The third-order valence-electron chi connectivity index (χ3n) is 6.27. The number of piperidine rings is 1. The minimum atomic E-state index is -0.188. The van der Waals surface area contributed by atoms with Crippen LogP contribution in [0.15, 0.2) is 71.1 Å². The van der Waals surface area contributed by atoms with Crippen molar-refractivity contribution < 1.29 is 24.2 Å². The van der Waals surface area contributed by atoms with Crippen molar-refractivity contribution in [3.05, 3.63) is 77.9 Å². The van der Waals surface area contributed by atoms with Crippen molar-refractivity contribution in [2.24, 2.45) is 0 Å². The Labute approximate surface area is 210 Å². The summed E-state index contributed by atoms with van der Waals surface area (Å²) in [6.07, 6.45) is 3.82. The molecule has 0 aliphatic carbocycles. The fourth-order valence-electron chi connectivity index (χ4n) is 4.45. The van der Waals surface area contributed by atoms with E-state index in [1.54, 1.807) is 42.5 Å². The maximum absolute atomic E-state index is 13.6. The highest BCUT2D eigenvalue weighted by Crippen LogP contribution is 2.37. The summed E-state index contributed by atoms with van der Waals surface area (Å²) in [5.74, 6) is 1.12. The van der Waals surface area contributed by atoms with Gasteiger partial charge in [0, 0.05) is 29.1 Å². The molecule has 1 aliphatic rings. The summed E-state index contributed by atoms with van der Waals surface area (Å²) in [7, 11) is 0. The number of benzene rings is 3. The van der Waals surface area contributed by atoms with Gasteiger partial charge in [0.1, 0.15) is 35.2 Å². The number of ketones is 1. The number of carbonyl (C=O) groups is 1. The molecule has 0 saturated carbocycles. The monoisotopic (exact) mass is 493 g/mol. The van der Waals surface area contributed by atoms with Gasteiger partial charge in [0.15, 0.2) is 5.78 Å². The zero-order valence-corrected chi connectivity index (χ0v) is 20.1. The highest BCUT2D eigenvalue weighted by molar-refractivity contribution is 6.19. The molecule has 0 amide bonds. The molecule has 2 heterocycles. The Balaban J connectivity index is 0.00000289. The summed E-state index contributed by atoms with van der Waals surface area (Å²) in [6, 6.07) is 18.4. The number of hydrogen-bond donors (Lipinski definition) is 2. The van der Waals surface area contributed by atoms with Crippen LogP contribution < -0.4 is 4.74 Å². The van der Waals surface area contributed by atoms with Gasteiger partial charge < -0.3 is 19.4 Å². The van der Waals surface area contributed by atoms with Gasteiger partial charge in [-0.05, 0) is 86.6 Å². The first-order valence-electron chi connectivity index (χ1n) is 11.6. The average Bonchev–Trinajstić information content (AvgIpc) is 3.23. The lowest BCUT2D eigenvalue weighted by Gasteiger charge is -2.26. The lowest BCUT2D eigenvalue weighted by atomic mass is 9.97. The minimum absolute atomic E-state index is 0. The van der Waals surface area contributed by atoms with Crippen LogP contribution in [0.25, 0.3) is 22.3 Å². The smallest absolute Gasteiger partial charge is 0.197 e. The minimum Gasteiger partial charge on any atom is -0.508 e. The number of aromatic hydroxyl groups is 2. The number of likely N-dealkylation sites (tertiary alicyclic amines) is 1. The zero-order chi connectivity index (χ0) is 23.5. The molecule has 4 aromatic rings. The SMILES string of the molecule is Cl.O=C(c1ccc(OCCN2CCCCC2)cc1)c1c(-c2ccc(O)cc2)oc2cc(O)ccc12. The highest BCUT2D eigenvalue weighted by atomic mass is 35.5. The van der Waals surface area contributed by atoms with Crippen molar-refractivity contribution in [3.63, 3.8) is 0 Å². The van der Waals surface area contributed by atoms with Crippen LogP contribution in [0.4, 0.5) is 0 Å². The summed E-state index contributed by atoms with van der Waals surface area (Å²) in [5.41, 5.74) is 2.01. The van der Waals surface area contributed by atoms with E-state index in [0.717, 1.165) is 25.4 Å². The Morgan fingerprint density at radius 3 is 2.29 bits per heavy atom. The largest absolute Gasteiger partial charge is 0.508 e. The van der Waals surface area contributed by atoms with Gasteiger partial charge in [-0.2, -0.15) is 0 Å². The third kappa shape index (κ3) is 5.45. The van der Waals surface area contributed by atoms with Gasteiger partial charge in [0.25, 0.3) is 0 Å². The van der Waals surface area contributed by atoms with Gasteiger partial charge in [-0.25, -0.2) is 0 Å². The predicted octanol–water partition coefficient (Wildman–Crippen LogP) is 6.03. The Bertz CT molecular complexity index is 1290. The van der Waals surface area contributed by atoms with Crippen molar-refractivity contribution in [2.75, 3.05) is 26.2 Å². The Morgan fingerprint density at radius 1 is 0.886 bits per heavy atom. The first-order chi connectivity index (χ1) is 16.6. The van der Waals surface area contributed by atoms with E-state index in [4.69, 9.17) is 9.15 Å². The molecule has 35 heavy (non-hydrogen) atoms. The molecular weight excluding hydrogens is 466 g/mol. The molecule has 5 rings (SSSR count). The number of nitrogens with zero attached hydrogens (tertiary/aromatic N) is 1. The van der Waals surface area contributed by atoms with E-state index in [0.29, 0.717) is 40.0 Å². The van der Waals surface area contributed by atoms with Gasteiger partial charge in [0.2, 0.25) is 0 Å². The number of rotatable bonds is 7. The Hall–Kier alpha value is -3.48. The van der Waals surface area contributed by atoms with E-state index in [9.17, 15) is 15.0 Å². The van der Waals surface area contributed by atoms with E-state index in [1.807, 2.05) is 12.1 Å². The van der Waals surface area contributed by atoms with Crippen molar-refractivity contribution in [1.29, 1.82) is 0 Å². The van der Waals surface area contributed by atoms with Crippen molar-refractivity contribution in [3.8, 4) is 28.6 Å². The Kier molecular flexibility index (Phi) is 7.63. The Morgan fingerprint density at radius 2 is 1.57 bits per heavy atom. The van der Waals surface area contributed by atoms with E-state index in [2.05, 4.69) is 4.90 Å². The quantitative estimate of drug-likeness (QED) is 0.306. The van der Waals surface area contributed by atoms with E-state index >= 15 is 0 Å². The van der Waals surface area contributed by atoms with Gasteiger partial charge in [0.05, 0.1) is 5.56 Å². The normalized spacial score (nSPS) is 13.9. The number of phenols is 2. The summed E-state index contributed by atoms with van der Waals surface area (Å²) in [5, 5.41) is 20.2. The van der Waals surface area contributed by atoms with Gasteiger partial charge >= 0.3 is 0 Å². The summed E-state index contributed by atoms with van der Waals surface area (Å²) < 4.78 is 11.9. The molecule has 6 nitrogen and oxygen atoms in total. The molecule has 1 saturated heterocycles. The molecule has 0 atom stereocenters. The first kappa shape index (κ1) is 24.6. The second kappa shape index (κ2) is 10.8. The molecule has 1 fully saturated rings. The molecule has 0 radical (unpaired) electrons. The van der Waals surface area contributed by atoms with E-state index in [1.165, 1.54) is 31.4 Å². The molecule has 2 N–H and O–H groups in total. The van der Waals surface area contributed by atoms with Crippen LogP contribution in [0.2, 0.25) is 0 Å². The van der Waals surface area contributed by atoms with Gasteiger partial charge in [-0.1, -0.05) is 6.42 Å². The van der Waals surface area contributed by atoms with Crippen LogP contribution in [0.3, 0.4) is 0 Å². The molecule has 3 aromatic carbocycles. The molecule has 0 unspecified atom stereocenters. The van der Waals surface area contributed by atoms with E-state index < -0.39 is 0 Å². The number of furan rings is 1. The summed E-state index contributed by atoms with van der Waals surface area (Å²) in [4.78, 5) is 16.0. The van der Waals surface area contributed by atoms with Gasteiger partial charge in [-0.3, -0.25) is 9.69 Å². The number of phenolic OH excluding ortho intramolecular Hbond substituents is 2. The lowest BCUT2D eigenvalue weighted by Crippen LogP contribution is -2.33. The van der Waals surface area contributed by atoms with Crippen LogP contribution in [0, 0.1) is 0 Å². The fraction of sp³-hybridized carbons (Fsp3) is 0.250. The third-order valence-corrected chi connectivity index (χ3v) is 6.27. The van der Waals surface area contributed by atoms with Crippen molar-refractivity contribution in [2.45, 2.75) is 19.3 Å². The average molecular weight is 494 g/mol. The number of fused-ring (bicyclic) bond motifs is 1. The predicted molar refractivity (Wildman–Crippen MR) is 138 cm³/mol. The molecule has 1 aliphatic heterocycles. The summed E-state index contributed by atoms with van der Waals surface area (Å²) in [6.45, 7) is 3.80. The number of carbonyl (C=O) groups excluding carboxylic acids is 1. The molecule has 0 spiro atoms. The zero-order valence-electron chi connectivity index (χ0n) is 19.3. The molecular formula is C28H28ClNO5. The van der Waals surface area contributed by atoms with E-state index in [-0.39, 0.29) is 29.7 Å². The number of halogens is 1. The highest BCUT2D eigenvalue weighted by Gasteiger charge is 2.23. The van der Waals surface area contributed by atoms with Crippen LogP contribution in [-0.2, 0) is 0 Å². The van der Waals surface area contributed by atoms with Crippen molar-refractivity contribution in [1.82, 2.24) is 4.90 Å². The second-order valence-corrected chi connectivity index (χ2v) is 8.64. The maximum Gasteiger partial charge on any atom is 0.197 e. The maximum atomic E-state index is 13.6. The standard InChI is InChI=1S/C28H27NO5.ClH/c30-21-8-4-20(5-9-21)28-26(24-13-10-22(31)18-25(24)34-28)27(32)19-6-11-23(12-7-19)33-17-16-29-14-2-1-3-15-29;/h4-13,18,30-31H,1-3,14-17H2;1H. The van der Waals surface area contributed by atoms with Gasteiger partial charge in [-0.15, -0.1) is 12.4 Å². The second-order valence-electron chi connectivity index (χ2n) is 8.64. The fourth-order valence-corrected chi connectivity index (χ4v) is 4.45. The molecule has 182 valence electrons. The van der Waals surface area contributed by atoms with Crippen molar-refractivity contribution >= 4 is 29.2 Å². The van der Waals surface area contributed by atoms with Crippen LogP contribution in [0.1, 0.15) is 35.2 Å². The number of ether oxygens (including phenoxy) is 1. The lowest BCUT2D eigenvalue weighted by molar-refractivity contribution is 0.104. The van der Waals surface area contributed by atoms with Crippen LogP contribution in [0.5, 0.6) is 17.2 Å². The summed E-state index contributed by atoms with van der Waals surface area (Å²) >= 11 is 0. The number of hydrogen-bond acceptors (Lipinski definition) is 6. The first-order valence-corrected chi connectivity index (χ1v) is 11.6.